The minimum Gasteiger partial charge on any atom is -0.393 e. The van der Waals surface area contributed by atoms with Crippen molar-refractivity contribution in [3.63, 3.8) is 0 Å². The summed E-state index contributed by atoms with van der Waals surface area (Å²) < 4.78 is 0. The zero-order valence-corrected chi connectivity index (χ0v) is 7.87. The molecule has 2 saturated carbocycles. The van der Waals surface area contributed by atoms with Crippen LogP contribution in [0.1, 0.15) is 27.2 Å². The quantitative estimate of drug-likeness (QED) is 0.590. The number of fused-ring (bicyclic) bond motifs is 1. The molecule has 0 aromatic rings. The maximum absolute atomic E-state index is 11.6. The van der Waals surface area contributed by atoms with E-state index < -0.39 is 0 Å². The second-order valence-electron chi connectivity index (χ2n) is 4.93. The van der Waals surface area contributed by atoms with Crippen molar-refractivity contribution in [3.8, 4) is 0 Å². The van der Waals surface area contributed by atoms with Crippen LogP contribution in [0.5, 0.6) is 0 Å². The first-order chi connectivity index (χ1) is 5.46. The number of hydrogen-bond acceptors (Lipinski definition) is 2. The molecule has 4 atom stereocenters. The van der Waals surface area contributed by atoms with Gasteiger partial charge in [-0.1, -0.05) is 20.8 Å². The Bertz CT molecular complexity index is 232. The van der Waals surface area contributed by atoms with E-state index in [0.717, 1.165) is 0 Å². The third kappa shape index (κ3) is 0.817. The fourth-order valence-corrected chi connectivity index (χ4v) is 2.87. The van der Waals surface area contributed by atoms with E-state index in [1.807, 2.05) is 6.92 Å². The lowest BCUT2D eigenvalue weighted by Gasteiger charge is -2.20. The molecule has 0 amide bonds. The van der Waals surface area contributed by atoms with E-state index in [0.29, 0.717) is 12.2 Å². The minimum atomic E-state index is -0.238. The summed E-state index contributed by atoms with van der Waals surface area (Å²) >= 11 is 0. The van der Waals surface area contributed by atoms with E-state index in [1.54, 1.807) is 0 Å². The lowest BCUT2D eigenvalue weighted by atomic mass is 9.88. The van der Waals surface area contributed by atoms with Crippen molar-refractivity contribution in [2.45, 2.75) is 33.3 Å². The molecule has 2 heteroatoms. The highest BCUT2D eigenvalue weighted by Crippen LogP contribution is 2.64. The van der Waals surface area contributed by atoms with Crippen LogP contribution in [-0.2, 0) is 4.79 Å². The molecule has 0 radical (unpaired) electrons. The lowest BCUT2D eigenvalue weighted by molar-refractivity contribution is -0.127. The molecule has 1 N–H and O–H groups in total. The highest BCUT2D eigenvalue weighted by molar-refractivity contribution is 5.88. The average Bonchev–Trinajstić information content (AvgIpc) is 2.50. The topological polar surface area (TPSA) is 37.3 Å². The second-order valence-corrected chi connectivity index (χ2v) is 4.93. The van der Waals surface area contributed by atoms with Gasteiger partial charge in [0.05, 0.1) is 6.10 Å². The molecule has 0 spiro atoms. The lowest BCUT2D eigenvalue weighted by Crippen LogP contribution is -2.28. The molecule has 0 aromatic carbocycles. The number of rotatable bonds is 0. The van der Waals surface area contributed by atoms with E-state index in [1.165, 1.54) is 0 Å². The third-order valence-electron chi connectivity index (χ3n) is 3.71. The molecule has 4 unspecified atom stereocenters. The maximum atomic E-state index is 11.6. The fraction of sp³-hybridized carbons (Fsp3) is 0.900. The number of ketones is 1. The first kappa shape index (κ1) is 8.24. The average molecular weight is 168 g/mol. The van der Waals surface area contributed by atoms with Gasteiger partial charge < -0.3 is 5.11 Å². The molecular weight excluding hydrogens is 152 g/mol. The van der Waals surface area contributed by atoms with Crippen molar-refractivity contribution in [2.24, 2.45) is 23.2 Å². The largest absolute Gasteiger partial charge is 0.393 e. The first-order valence-corrected chi connectivity index (χ1v) is 4.68. The highest BCUT2D eigenvalue weighted by Gasteiger charge is 2.66. The van der Waals surface area contributed by atoms with E-state index in [4.69, 9.17) is 0 Å². The fourth-order valence-electron chi connectivity index (χ4n) is 2.87. The zero-order valence-electron chi connectivity index (χ0n) is 7.87. The number of Topliss-reactive ketones (excluding diaryl/α,β-unsaturated/α-hetero) is 1. The van der Waals surface area contributed by atoms with Gasteiger partial charge in [0.2, 0.25) is 0 Å². The Morgan fingerprint density at radius 1 is 1.50 bits per heavy atom. The summed E-state index contributed by atoms with van der Waals surface area (Å²) in [4.78, 5) is 11.6. The van der Waals surface area contributed by atoms with Crippen molar-refractivity contribution < 1.29 is 9.90 Å². The summed E-state index contributed by atoms with van der Waals surface area (Å²) in [5, 5.41) is 9.69. The van der Waals surface area contributed by atoms with Crippen LogP contribution in [-0.4, -0.2) is 17.0 Å². The van der Waals surface area contributed by atoms with Crippen LogP contribution in [0.4, 0.5) is 0 Å². The molecule has 2 nitrogen and oxygen atoms in total. The monoisotopic (exact) mass is 168 g/mol. The number of hydrogen-bond donors (Lipinski definition) is 1. The second kappa shape index (κ2) is 2.11. The van der Waals surface area contributed by atoms with Gasteiger partial charge in [-0.2, -0.15) is 0 Å². The van der Waals surface area contributed by atoms with Gasteiger partial charge in [0.1, 0.15) is 5.78 Å². The van der Waals surface area contributed by atoms with Crippen LogP contribution in [0.2, 0.25) is 0 Å². The summed E-state index contributed by atoms with van der Waals surface area (Å²) in [6.45, 7) is 6.10. The van der Waals surface area contributed by atoms with Crippen molar-refractivity contribution in [2.75, 3.05) is 0 Å². The zero-order chi connectivity index (χ0) is 9.09. The molecule has 0 heterocycles. The summed E-state index contributed by atoms with van der Waals surface area (Å²) in [5.74, 6) is 0.843. The van der Waals surface area contributed by atoms with Crippen LogP contribution in [0.3, 0.4) is 0 Å². The van der Waals surface area contributed by atoms with Crippen molar-refractivity contribution >= 4 is 5.78 Å². The van der Waals surface area contributed by atoms with Gasteiger partial charge in [0.15, 0.2) is 0 Å². The molecule has 0 saturated heterocycles. The van der Waals surface area contributed by atoms with Crippen LogP contribution in [0.15, 0.2) is 0 Å². The van der Waals surface area contributed by atoms with Crippen LogP contribution >= 0.6 is 0 Å². The normalized spacial score (nSPS) is 50.2. The van der Waals surface area contributed by atoms with Gasteiger partial charge in [0, 0.05) is 17.8 Å². The van der Waals surface area contributed by atoms with E-state index in [-0.39, 0.29) is 29.3 Å². The number of carbonyl (C=O) groups excluding carboxylic acids is 1. The molecule has 0 bridgehead atoms. The number of aliphatic hydroxyl groups is 1. The van der Waals surface area contributed by atoms with Crippen molar-refractivity contribution in [1.82, 2.24) is 0 Å². The molecule has 2 aliphatic rings. The Morgan fingerprint density at radius 3 is 2.67 bits per heavy atom. The van der Waals surface area contributed by atoms with Crippen molar-refractivity contribution in [3.05, 3.63) is 0 Å². The number of aliphatic hydroxyl groups excluding tert-OH is 1. The molecule has 2 fully saturated rings. The van der Waals surface area contributed by atoms with E-state index in [2.05, 4.69) is 13.8 Å². The Labute approximate surface area is 73.0 Å². The summed E-state index contributed by atoms with van der Waals surface area (Å²) in [7, 11) is 0. The predicted molar refractivity (Wildman–Crippen MR) is 45.6 cm³/mol. The van der Waals surface area contributed by atoms with Gasteiger partial charge in [-0.3, -0.25) is 4.79 Å². The van der Waals surface area contributed by atoms with E-state index >= 15 is 0 Å². The molecular formula is C10H16O2. The standard InChI is InChI=1S/C10H16O2/c1-5-4-6(11)7-8(9(5)12)10(7,2)3/h5-8,11H,4H2,1-3H3. The van der Waals surface area contributed by atoms with E-state index in [9.17, 15) is 9.90 Å². The van der Waals surface area contributed by atoms with Crippen molar-refractivity contribution in [1.29, 1.82) is 0 Å². The maximum Gasteiger partial charge on any atom is 0.139 e. The molecule has 68 valence electrons. The Balaban J connectivity index is 2.24. The van der Waals surface area contributed by atoms with Gasteiger partial charge in [-0.05, 0) is 11.8 Å². The van der Waals surface area contributed by atoms with Gasteiger partial charge in [0.25, 0.3) is 0 Å². The highest BCUT2D eigenvalue weighted by atomic mass is 16.3. The Morgan fingerprint density at radius 2 is 2.08 bits per heavy atom. The smallest absolute Gasteiger partial charge is 0.139 e. The molecule has 12 heavy (non-hydrogen) atoms. The molecule has 0 aliphatic heterocycles. The molecule has 2 aliphatic carbocycles. The predicted octanol–water partition coefficient (Wildman–Crippen LogP) is 1.23. The molecule has 0 aromatic heterocycles. The molecule has 2 rings (SSSR count). The minimum absolute atomic E-state index is 0.0707. The van der Waals surface area contributed by atoms with Crippen LogP contribution in [0, 0.1) is 23.2 Å². The number of carbonyl (C=O) groups is 1. The summed E-state index contributed by atoms with van der Waals surface area (Å²) in [6, 6.07) is 0. The Hall–Kier alpha value is -0.370. The SMILES string of the molecule is CC1CC(O)C2C(C1=O)C2(C)C. The summed E-state index contributed by atoms with van der Waals surface area (Å²) in [6.07, 6.45) is 0.432. The van der Waals surface area contributed by atoms with Gasteiger partial charge in [-0.15, -0.1) is 0 Å². The van der Waals surface area contributed by atoms with Gasteiger partial charge in [-0.25, -0.2) is 0 Å². The van der Waals surface area contributed by atoms with Crippen LogP contribution in [0.25, 0.3) is 0 Å². The Kier molecular flexibility index (Phi) is 1.45. The van der Waals surface area contributed by atoms with Crippen LogP contribution < -0.4 is 0 Å². The summed E-state index contributed by atoms with van der Waals surface area (Å²) in [5.41, 5.74) is 0.0707. The first-order valence-electron chi connectivity index (χ1n) is 4.68. The third-order valence-corrected chi connectivity index (χ3v) is 3.71. The van der Waals surface area contributed by atoms with Gasteiger partial charge >= 0.3 is 0 Å².